The lowest BCUT2D eigenvalue weighted by molar-refractivity contribution is 0.586. The topological polar surface area (TPSA) is 68.3 Å². The molecule has 19 heavy (non-hydrogen) atoms. The highest BCUT2D eigenvalue weighted by atomic mass is 79.9. The van der Waals surface area contributed by atoms with Crippen molar-refractivity contribution in [1.82, 2.24) is 0 Å². The third-order valence-corrected chi connectivity index (χ3v) is 6.40. The SMILES string of the molecule is CS(=O)(=O)CCS(=O)(=O)CC(CBr)c1ccccc1. The van der Waals surface area contributed by atoms with Gasteiger partial charge in [-0.3, -0.25) is 0 Å². The second kappa shape index (κ2) is 6.85. The summed E-state index contributed by atoms with van der Waals surface area (Å²) < 4.78 is 45.9. The van der Waals surface area contributed by atoms with E-state index in [4.69, 9.17) is 0 Å². The van der Waals surface area contributed by atoms with Crippen molar-refractivity contribution in [2.45, 2.75) is 5.92 Å². The molecule has 0 aliphatic heterocycles. The molecule has 1 atom stereocenters. The van der Waals surface area contributed by atoms with Crippen LogP contribution in [-0.4, -0.2) is 45.7 Å². The average molecular weight is 369 g/mol. The van der Waals surface area contributed by atoms with Crippen molar-refractivity contribution in [3.05, 3.63) is 35.9 Å². The standard InChI is InChI=1S/C12H17BrO4S2/c1-18(14,15)7-8-19(16,17)10-12(9-13)11-5-3-2-4-6-11/h2-6,12H,7-10H2,1H3. The first kappa shape index (κ1) is 16.7. The monoisotopic (exact) mass is 368 g/mol. The molecule has 0 aliphatic carbocycles. The number of benzene rings is 1. The van der Waals surface area contributed by atoms with Crippen molar-refractivity contribution in [1.29, 1.82) is 0 Å². The summed E-state index contributed by atoms with van der Waals surface area (Å²) in [6.45, 7) is 0. The van der Waals surface area contributed by atoms with E-state index in [1.54, 1.807) is 0 Å². The Kier molecular flexibility index (Phi) is 6.01. The molecule has 4 nitrogen and oxygen atoms in total. The van der Waals surface area contributed by atoms with Crippen LogP contribution >= 0.6 is 15.9 Å². The highest BCUT2D eigenvalue weighted by Gasteiger charge is 2.21. The van der Waals surface area contributed by atoms with Crippen LogP contribution in [0, 0.1) is 0 Å². The van der Waals surface area contributed by atoms with Crippen LogP contribution in [0.1, 0.15) is 11.5 Å². The summed E-state index contributed by atoms with van der Waals surface area (Å²) in [6, 6.07) is 9.32. The Morgan fingerprint density at radius 3 is 2.11 bits per heavy atom. The summed E-state index contributed by atoms with van der Waals surface area (Å²) in [5.41, 5.74) is 0.933. The van der Waals surface area contributed by atoms with Crippen molar-refractivity contribution >= 4 is 35.6 Å². The summed E-state index contributed by atoms with van der Waals surface area (Å²) in [5, 5.41) is 0.523. The van der Waals surface area contributed by atoms with Gasteiger partial charge in [0.1, 0.15) is 9.84 Å². The van der Waals surface area contributed by atoms with Crippen molar-refractivity contribution in [2.75, 3.05) is 28.8 Å². The molecule has 1 unspecified atom stereocenters. The van der Waals surface area contributed by atoms with E-state index in [1.807, 2.05) is 30.3 Å². The fraction of sp³-hybridized carbons (Fsp3) is 0.500. The number of halogens is 1. The Labute approximate surface area is 123 Å². The predicted molar refractivity (Wildman–Crippen MR) is 81.3 cm³/mol. The average Bonchev–Trinajstić information content (AvgIpc) is 2.34. The largest absolute Gasteiger partial charge is 0.229 e. The molecule has 0 amide bonds. The Morgan fingerprint density at radius 1 is 1.05 bits per heavy atom. The van der Waals surface area contributed by atoms with E-state index in [9.17, 15) is 16.8 Å². The molecule has 0 radical (unpaired) electrons. The van der Waals surface area contributed by atoms with Crippen LogP contribution in [0.25, 0.3) is 0 Å². The molecule has 1 rings (SSSR count). The van der Waals surface area contributed by atoms with Crippen LogP contribution in [0.4, 0.5) is 0 Å². The van der Waals surface area contributed by atoms with Gasteiger partial charge in [-0.25, -0.2) is 16.8 Å². The van der Waals surface area contributed by atoms with Gasteiger partial charge in [0.05, 0.1) is 17.3 Å². The lowest BCUT2D eigenvalue weighted by atomic mass is 10.0. The van der Waals surface area contributed by atoms with E-state index in [-0.39, 0.29) is 23.2 Å². The molecule has 0 aromatic heterocycles. The van der Waals surface area contributed by atoms with Crippen molar-refractivity contribution in [3.63, 3.8) is 0 Å². The molecule has 1 aromatic carbocycles. The first-order valence-electron chi connectivity index (χ1n) is 5.72. The molecular weight excluding hydrogens is 352 g/mol. The van der Waals surface area contributed by atoms with Gasteiger partial charge in [0.15, 0.2) is 9.84 Å². The van der Waals surface area contributed by atoms with Gasteiger partial charge in [0.2, 0.25) is 0 Å². The predicted octanol–water partition coefficient (Wildman–Crippen LogP) is 1.62. The van der Waals surface area contributed by atoms with Gasteiger partial charge >= 0.3 is 0 Å². The molecule has 0 aliphatic rings. The minimum Gasteiger partial charge on any atom is -0.229 e. The minimum atomic E-state index is -3.38. The molecule has 0 fully saturated rings. The van der Waals surface area contributed by atoms with Gasteiger partial charge in [-0.05, 0) is 5.56 Å². The number of hydrogen-bond acceptors (Lipinski definition) is 4. The smallest absolute Gasteiger partial charge is 0.151 e. The Hall–Kier alpha value is -0.400. The van der Waals surface area contributed by atoms with Gasteiger partial charge in [0, 0.05) is 17.5 Å². The number of sulfone groups is 2. The van der Waals surface area contributed by atoms with Crippen molar-refractivity contribution < 1.29 is 16.8 Å². The lowest BCUT2D eigenvalue weighted by Crippen LogP contribution is -2.23. The molecule has 108 valence electrons. The Bertz CT molecular complexity index is 594. The van der Waals surface area contributed by atoms with Gasteiger partial charge in [0.25, 0.3) is 0 Å². The lowest BCUT2D eigenvalue weighted by Gasteiger charge is -2.14. The van der Waals surface area contributed by atoms with E-state index < -0.39 is 19.7 Å². The molecule has 0 heterocycles. The third-order valence-electron chi connectivity index (χ3n) is 2.68. The number of rotatable bonds is 7. The highest BCUT2D eigenvalue weighted by molar-refractivity contribution is 9.09. The van der Waals surface area contributed by atoms with Crippen molar-refractivity contribution in [3.8, 4) is 0 Å². The maximum Gasteiger partial charge on any atom is 0.151 e. The van der Waals surface area contributed by atoms with Gasteiger partial charge in [-0.2, -0.15) is 0 Å². The molecular formula is C12H17BrO4S2. The van der Waals surface area contributed by atoms with Crippen molar-refractivity contribution in [2.24, 2.45) is 0 Å². The van der Waals surface area contributed by atoms with Crippen LogP contribution < -0.4 is 0 Å². The maximum atomic E-state index is 11.9. The minimum absolute atomic E-state index is 0.0439. The molecule has 0 N–H and O–H groups in total. The number of hydrogen-bond donors (Lipinski definition) is 0. The fourth-order valence-electron chi connectivity index (χ4n) is 1.62. The zero-order valence-corrected chi connectivity index (χ0v) is 13.8. The molecule has 0 saturated heterocycles. The van der Waals surface area contributed by atoms with E-state index >= 15 is 0 Å². The Balaban J connectivity index is 2.76. The van der Waals surface area contributed by atoms with Gasteiger partial charge in [-0.15, -0.1) is 0 Å². The summed E-state index contributed by atoms with van der Waals surface area (Å²) in [7, 11) is -6.64. The van der Waals surface area contributed by atoms with Gasteiger partial charge < -0.3 is 0 Å². The van der Waals surface area contributed by atoms with E-state index in [2.05, 4.69) is 15.9 Å². The van der Waals surface area contributed by atoms with Gasteiger partial charge in [-0.1, -0.05) is 46.3 Å². The molecule has 0 saturated carbocycles. The quantitative estimate of drug-likeness (QED) is 0.685. The second-order valence-corrected chi connectivity index (χ2v) is 9.64. The molecule has 1 aromatic rings. The zero-order chi connectivity index (χ0) is 14.5. The highest BCUT2D eigenvalue weighted by Crippen LogP contribution is 2.20. The van der Waals surface area contributed by atoms with E-state index in [0.29, 0.717) is 5.33 Å². The third kappa shape index (κ3) is 6.54. The normalized spacial score (nSPS) is 14.2. The summed E-state index contributed by atoms with van der Waals surface area (Å²) in [4.78, 5) is 0. The molecule has 0 bridgehead atoms. The van der Waals surface area contributed by atoms with E-state index in [0.717, 1.165) is 11.8 Å². The maximum absolute atomic E-state index is 11.9. The Morgan fingerprint density at radius 2 is 1.63 bits per heavy atom. The summed E-state index contributed by atoms with van der Waals surface area (Å²) in [5.74, 6) is -0.843. The second-order valence-electron chi connectivity index (χ2n) is 4.51. The van der Waals surface area contributed by atoms with Crippen LogP contribution in [0.5, 0.6) is 0 Å². The number of alkyl halides is 1. The first-order chi connectivity index (χ1) is 8.73. The van der Waals surface area contributed by atoms with Crippen LogP contribution in [0.3, 0.4) is 0 Å². The summed E-state index contributed by atoms with van der Waals surface area (Å²) in [6.07, 6.45) is 1.04. The fourth-order valence-corrected chi connectivity index (χ4v) is 5.85. The first-order valence-corrected chi connectivity index (χ1v) is 10.7. The van der Waals surface area contributed by atoms with Crippen LogP contribution in [-0.2, 0) is 19.7 Å². The molecule has 7 heteroatoms. The van der Waals surface area contributed by atoms with Crippen LogP contribution in [0.15, 0.2) is 30.3 Å². The van der Waals surface area contributed by atoms with E-state index in [1.165, 1.54) is 0 Å². The molecule has 0 spiro atoms. The summed E-state index contributed by atoms with van der Waals surface area (Å²) >= 11 is 3.31. The van der Waals surface area contributed by atoms with Crippen LogP contribution in [0.2, 0.25) is 0 Å². The zero-order valence-electron chi connectivity index (χ0n) is 10.6.